The Balaban J connectivity index is 2.39. The van der Waals surface area contributed by atoms with E-state index in [2.05, 4.69) is 0 Å². The number of carbonyl (C=O) groups is 1. The Kier molecular flexibility index (Phi) is 0.665. The highest BCUT2D eigenvalue weighted by molar-refractivity contribution is 5.89. The van der Waals surface area contributed by atoms with Crippen molar-refractivity contribution >= 4 is 5.78 Å². The van der Waals surface area contributed by atoms with Crippen LogP contribution in [0.2, 0.25) is 0 Å². The van der Waals surface area contributed by atoms with Gasteiger partial charge in [-0.2, -0.15) is 0 Å². The van der Waals surface area contributed by atoms with Crippen LogP contribution in [0.1, 0.15) is 12.8 Å². The average molecular weight is 85.1 g/mol. The molecule has 0 unspecified atom stereocenters. The third-order valence-corrected chi connectivity index (χ3v) is 1.12. The van der Waals surface area contributed by atoms with Gasteiger partial charge in [0.05, 0.1) is 6.04 Å². The maximum Gasteiger partial charge on any atom is 0.149 e. The van der Waals surface area contributed by atoms with Gasteiger partial charge in [-0.05, 0) is 6.42 Å². The second-order valence-electron chi connectivity index (χ2n) is 1.61. The standard InChI is InChI=1S/C4H7NO/c5-3-1-2-4(3)6/h3H,1-2,5H2/t3-/m0/s1. The third kappa shape index (κ3) is 0.337. The molecule has 1 saturated carbocycles. The summed E-state index contributed by atoms with van der Waals surface area (Å²) in [6.07, 6.45) is 1.61. The molecule has 1 atom stereocenters. The van der Waals surface area contributed by atoms with Crippen molar-refractivity contribution in [1.82, 2.24) is 0 Å². The highest BCUT2D eigenvalue weighted by Gasteiger charge is 2.22. The zero-order valence-corrected chi connectivity index (χ0v) is 3.48. The van der Waals surface area contributed by atoms with E-state index in [1.165, 1.54) is 0 Å². The SMILES string of the molecule is N[C@H]1CCC1=O. The van der Waals surface area contributed by atoms with E-state index in [9.17, 15) is 4.79 Å². The number of Topliss-reactive ketones (excluding diaryl/α,β-unsaturated/α-hetero) is 1. The molecule has 1 rings (SSSR count). The van der Waals surface area contributed by atoms with Crippen molar-refractivity contribution in [3.63, 3.8) is 0 Å². The zero-order chi connectivity index (χ0) is 4.57. The summed E-state index contributed by atoms with van der Waals surface area (Å²) in [6, 6.07) is -0.106. The van der Waals surface area contributed by atoms with E-state index in [-0.39, 0.29) is 11.8 Å². The monoisotopic (exact) mass is 85.1 g/mol. The lowest BCUT2D eigenvalue weighted by atomic mass is 9.93. The van der Waals surface area contributed by atoms with Gasteiger partial charge in [0.15, 0.2) is 0 Å². The van der Waals surface area contributed by atoms with Crippen molar-refractivity contribution in [1.29, 1.82) is 0 Å². The largest absolute Gasteiger partial charge is 0.321 e. The number of hydrogen-bond acceptors (Lipinski definition) is 2. The first-order valence-electron chi connectivity index (χ1n) is 2.09. The van der Waals surface area contributed by atoms with Crippen molar-refractivity contribution in [2.24, 2.45) is 5.73 Å². The lowest BCUT2D eigenvalue weighted by Crippen LogP contribution is -2.39. The Morgan fingerprint density at radius 2 is 2.33 bits per heavy atom. The highest BCUT2D eigenvalue weighted by atomic mass is 16.1. The lowest BCUT2D eigenvalue weighted by Gasteiger charge is -2.17. The fraction of sp³-hybridized carbons (Fsp3) is 0.750. The predicted molar refractivity (Wildman–Crippen MR) is 22.2 cm³/mol. The van der Waals surface area contributed by atoms with Gasteiger partial charge in [-0.1, -0.05) is 0 Å². The van der Waals surface area contributed by atoms with E-state index in [1.54, 1.807) is 0 Å². The molecule has 34 valence electrons. The molecule has 1 fully saturated rings. The molecule has 0 heterocycles. The summed E-state index contributed by atoms with van der Waals surface area (Å²) < 4.78 is 0. The first kappa shape index (κ1) is 3.81. The molecule has 0 saturated heterocycles. The number of ketones is 1. The summed E-state index contributed by atoms with van der Waals surface area (Å²) >= 11 is 0. The van der Waals surface area contributed by atoms with E-state index in [4.69, 9.17) is 5.73 Å². The van der Waals surface area contributed by atoms with Crippen molar-refractivity contribution in [2.75, 3.05) is 0 Å². The summed E-state index contributed by atoms with van der Waals surface area (Å²) in [5, 5.41) is 0. The Morgan fingerprint density at radius 3 is 2.33 bits per heavy atom. The molecule has 0 spiro atoms. The van der Waals surface area contributed by atoms with Gasteiger partial charge in [-0.3, -0.25) is 4.79 Å². The van der Waals surface area contributed by atoms with Crippen molar-refractivity contribution in [2.45, 2.75) is 18.9 Å². The van der Waals surface area contributed by atoms with E-state index < -0.39 is 0 Å². The minimum absolute atomic E-state index is 0.106. The summed E-state index contributed by atoms with van der Waals surface area (Å²) in [5.41, 5.74) is 5.17. The molecular weight excluding hydrogens is 78.0 g/mol. The van der Waals surface area contributed by atoms with Crippen LogP contribution in [0.4, 0.5) is 0 Å². The minimum Gasteiger partial charge on any atom is -0.321 e. The molecule has 0 aromatic rings. The molecule has 0 amide bonds. The number of hydrogen-bond donors (Lipinski definition) is 1. The zero-order valence-electron chi connectivity index (χ0n) is 3.48. The lowest BCUT2D eigenvalue weighted by molar-refractivity contribution is -0.125. The molecular formula is C4H7NO. The molecule has 1 aliphatic carbocycles. The molecule has 0 bridgehead atoms. The van der Waals surface area contributed by atoms with Crippen LogP contribution in [0.3, 0.4) is 0 Å². The predicted octanol–water partition coefficient (Wildman–Crippen LogP) is -0.323. The second-order valence-corrected chi connectivity index (χ2v) is 1.61. The van der Waals surface area contributed by atoms with Crippen LogP contribution in [-0.4, -0.2) is 11.8 Å². The first-order chi connectivity index (χ1) is 2.80. The normalized spacial score (nSPS) is 32.8. The van der Waals surface area contributed by atoms with Gasteiger partial charge in [0.2, 0.25) is 0 Å². The molecule has 6 heavy (non-hydrogen) atoms. The Morgan fingerprint density at radius 1 is 1.83 bits per heavy atom. The molecule has 0 aromatic carbocycles. The molecule has 2 nitrogen and oxygen atoms in total. The summed E-state index contributed by atoms with van der Waals surface area (Å²) in [6.45, 7) is 0. The number of nitrogens with two attached hydrogens (primary N) is 1. The maximum absolute atomic E-state index is 10.1. The van der Waals surface area contributed by atoms with E-state index >= 15 is 0 Å². The van der Waals surface area contributed by atoms with Crippen LogP contribution in [0.25, 0.3) is 0 Å². The van der Waals surface area contributed by atoms with Crippen LogP contribution < -0.4 is 5.73 Å². The van der Waals surface area contributed by atoms with Crippen LogP contribution in [0, 0.1) is 0 Å². The molecule has 0 aromatic heterocycles. The summed E-state index contributed by atoms with van der Waals surface area (Å²) in [4.78, 5) is 10.1. The first-order valence-corrected chi connectivity index (χ1v) is 2.09. The van der Waals surface area contributed by atoms with Crippen LogP contribution >= 0.6 is 0 Å². The van der Waals surface area contributed by atoms with Gasteiger partial charge in [0, 0.05) is 6.42 Å². The Labute approximate surface area is 36.3 Å². The van der Waals surface area contributed by atoms with Gasteiger partial charge >= 0.3 is 0 Å². The second kappa shape index (κ2) is 1.05. The van der Waals surface area contributed by atoms with E-state index in [0.717, 1.165) is 6.42 Å². The topological polar surface area (TPSA) is 43.1 Å². The third-order valence-electron chi connectivity index (χ3n) is 1.12. The van der Waals surface area contributed by atoms with Gasteiger partial charge < -0.3 is 5.73 Å². The molecule has 1 aliphatic rings. The average Bonchev–Trinajstić information content (AvgIpc) is 1.61. The van der Waals surface area contributed by atoms with Crippen molar-refractivity contribution < 1.29 is 4.79 Å². The Bertz CT molecular complexity index is 79.6. The smallest absolute Gasteiger partial charge is 0.149 e. The minimum atomic E-state index is -0.106. The molecule has 2 heteroatoms. The molecule has 2 N–H and O–H groups in total. The van der Waals surface area contributed by atoms with Gasteiger partial charge in [-0.15, -0.1) is 0 Å². The van der Waals surface area contributed by atoms with Crippen LogP contribution in [-0.2, 0) is 4.79 Å². The van der Waals surface area contributed by atoms with Gasteiger partial charge in [0.25, 0.3) is 0 Å². The molecule has 0 radical (unpaired) electrons. The summed E-state index contributed by atoms with van der Waals surface area (Å²) in [5.74, 6) is 0.218. The maximum atomic E-state index is 10.1. The highest BCUT2D eigenvalue weighted by Crippen LogP contribution is 2.09. The van der Waals surface area contributed by atoms with Crippen molar-refractivity contribution in [3.05, 3.63) is 0 Å². The Hall–Kier alpha value is -0.370. The quantitative estimate of drug-likeness (QED) is 0.438. The molecule has 0 aliphatic heterocycles. The summed E-state index contributed by atoms with van der Waals surface area (Å²) in [7, 11) is 0. The number of rotatable bonds is 0. The van der Waals surface area contributed by atoms with Gasteiger partial charge in [-0.25, -0.2) is 0 Å². The van der Waals surface area contributed by atoms with Crippen LogP contribution in [0.5, 0.6) is 0 Å². The van der Waals surface area contributed by atoms with Crippen molar-refractivity contribution in [3.8, 4) is 0 Å². The fourth-order valence-corrected chi connectivity index (χ4v) is 0.429. The fourth-order valence-electron chi connectivity index (χ4n) is 0.429. The van der Waals surface area contributed by atoms with Gasteiger partial charge in [0.1, 0.15) is 5.78 Å². The van der Waals surface area contributed by atoms with Crippen LogP contribution in [0.15, 0.2) is 0 Å². The van der Waals surface area contributed by atoms with E-state index in [0.29, 0.717) is 6.42 Å². The van der Waals surface area contributed by atoms with E-state index in [1.807, 2.05) is 0 Å². The number of carbonyl (C=O) groups excluding carboxylic acids is 1.